The molecule has 0 amide bonds. The molecule has 1 aromatic heterocycles. The van der Waals surface area contributed by atoms with Gasteiger partial charge in [0.05, 0.1) is 6.54 Å². The van der Waals surface area contributed by atoms with Gasteiger partial charge in [-0.15, -0.1) is 0 Å². The smallest absolute Gasteiger partial charge is 0.152 e. The highest BCUT2D eigenvalue weighted by Crippen LogP contribution is 2.13. The van der Waals surface area contributed by atoms with E-state index >= 15 is 0 Å². The Labute approximate surface area is 69.9 Å². The third-order valence-corrected chi connectivity index (χ3v) is 1.66. The van der Waals surface area contributed by atoms with Crippen LogP contribution in [0.4, 0.5) is 5.82 Å². The van der Waals surface area contributed by atoms with Crippen LogP contribution in [0, 0.1) is 0 Å². The molecule has 0 bridgehead atoms. The molecule has 1 aliphatic rings. The van der Waals surface area contributed by atoms with Crippen LogP contribution in [0.25, 0.3) is 0 Å². The van der Waals surface area contributed by atoms with Crippen LogP contribution in [-0.2, 0) is 0 Å². The summed E-state index contributed by atoms with van der Waals surface area (Å²) in [6.45, 7) is 0.808. The summed E-state index contributed by atoms with van der Waals surface area (Å²) in [4.78, 5) is 7.87. The molecule has 0 aliphatic carbocycles. The monoisotopic (exact) mass is 163 g/mol. The second-order valence-corrected chi connectivity index (χ2v) is 2.53. The average molecular weight is 163 g/mol. The van der Waals surface area contributed by atoms with Crippen molar-refractivity contribution in [1.29, 1.82) is 0 Å². The predicted octanol–water partition coefficient (Wildman–Crippen LogP) is -0.0411. The van der Waals surface area contributed by atoms with Crippen LogP contribution in [0.3, 0.4) is 0 Å². The molecule has 5 nitrogen and oxygen atoms in total. The highest BCUT2D eigenvalue weighted by Gasteiger charge is 2.13. The van der Waals surface area contributed by atoms with Crippen LogP contribution in [0.1, 0.15) is 6.42 Å². The first kappa shape index (κ1) is 7.02. The number of aromatic nitrogens is 2. The molecule has 1 aliphatic heterocycles. The third kappa shape index (κ3) is 1.20. The Kier molecular flexibility index (Phi) is 1.62. The Bertz CT molecular complexity index is 294. The van der Waals surface area contributed by atoms with Crippen LogP contribution < -0.4 is 10.7 Å². The van der Waals surface area contributed by atoms with Gasteiger partial charge in [-0.05, 0) is 0 Å². The molecular formula is C7H9N5. The minimum atomic E-state index is 0.661. The minimum absolute atomic E-state index is 0.661. The summed E-state index contributed by atoms with van der Waals surface area (Å²) >= 11 is 0. The predicted molar refractivity (Wildman–Crippen MR) is 45.6 cm³/mol. The quantitative estimate of drug-likeness (QED) is 0.630. The molecule has 5 heteroatoms. The number of amidine groups is 1. The Balaban J connectivity index is 2.22. The van der Waals surface area contributed by atoms with Gasteiger partial charge in [0.1, 0.15) is 12.2 Å². The van der Waals surface area contributed by atoms with Gasteiger partial charge in [0.2, 0.25) is 0 Å². The summed E-state index contributed by atoms with van der Waals surface area (Å²) in [5.74, 6) is 1.46. The summed E-state index contributed by atoms with van der Waals surface area (Å²) in [7, 11) is 0. The fourth-order valence-electron chi connectivity index (χ4n) is 1.08. The lowest BCUT2D eigenvalue weighted by Gasteiger charge is -2.10. The average Bonchev–Trinajstić information content (AvgIpc) is 2.54. The number of hydrazone groups is 1. The van der Waals surface area contributed by atoms with Crippen molar-refractivity contribution < 1.29 is 0 Å². The second kappa shape index (κ2) is 2.77. The summed E-state index contributed by atoms with van der Waals surface area (Å²) in [5.41, 5.74) is 5.53. The molecule has 0 fully saturated rings. The molecule has 2 heterocycles. The van der Waals surface area contributed by atoms with Gasteiger partial charge in [-0.2, -0.15) is 5.10 Å². The molecule has 0 radical (unpaired) electrons. The van der Waals surface area contributed by atoms with Crippen molar-refractivity contribution in [3.8, 4) is 0 Å². The van der Waals surface area contributed by atoms with Crippen LogP contribution in [0.5, 0.6) is 0 Å². The van der Waals surface area contributed by atoms with E-state index in [0.29, 0.717) is 5.84 Å². The van der Waals surface area contributed by atoms with E-state index in [2.05, 4.69) is 15.1 Å². The van der Waals surface area contributed by atoms with Gasteiger partial charge in [-0.25, -0.2) is 15.0 Å². The van der Waals surface area contributed by atoms with Gasteiger partial charge in [0.25, 0.3) is 0 Å². The Hall–Kier alpha value is -1.65. The van der Waals surface area contributed by atoms with Crippen LogP contribution in [-0.4, -0.2) is 22.3 Å². The van der Waals surface area contributed by atoms with Crippen LogP contribution in [0.2, 0.25) is 0 Å². The summed E-state index contributed by atoms with van der Waals surface area (Å²) < 4.78 is 0. The van der Waals surface area contributed by atoms with Gasteiger partial charge in [0.15, 0.2) is 5.82 Å². The molecular weight excluding hydrogens is 154 g/mol. The zero-order valence-corrected chi connectivity index (χ0v) is 6.51. The minimum Gasteiger partial charge on any atom is -0.386 e. The van der Waals surface area contributed by atoms with E-state index in [1.54, 1.807) is 11.2 Å². The summed E-state index contributed by atoms with van der Waals surface area (Å²) in [5, 5.41) is 5.87. The van der Waals surface area contributed by atoms with E-state index in [1.165, 1.54) is 6.33 Å². The maximum Gasteiger partial charge on any atom is 0.152 e. The Morgan fingerprint density at radius 2 is 2.42 bits per heavy atom. The number of hydrogen-bond donors (Lipinski definition) is 1. The molecule has 0 saturated heterocycles. The first-order valence-electron chi connectivity index (χ1n) is 3.73. The lowest BCUT2D eigenvalue weighted by molar-refractivity contribution is 0.889. The van der Waals surface area contributed by atoms with E-state index in [9.17, 15) is 0 Å². The lowest BCUT2D eigenvalue weighted by Crippen LogP contribution is -2.13. The van der Waals surface area contributed by atoms with Gasteiger partial charge in [-0.3, -0.25) is 0 Å². The summed E-state index contributed by atoms with van der Waals surface area (Å²) in [6.07, 6.45) is 4.00. The molecule has 0 aromatic carbocycles. The molecule has 1 aromatic rings. The molecule has 2 N–H and O–H groups in total. The van der Waals surface area contributed by atoms with Gasteiger partial charge in [-0.1, -0.05) is 0 Å². The molecule has 0 atom stereocenters. The number of rotatable bonds is 1. The SMILES string of the molecule is NC1=NN(c2ccncn2)CC1. The maximum absolute atomic E-state index is 5.53. The topological polar surface area (TPSA) is 67.4 Å². The first-order chi connectivity index (χ1) is 5.86. The van der Waals surface area contributed by atoms with E-state index in [0.717, 1.165) is 18.8 Å². The van der Waals surface area contributed by atoms with Gasteiger partial charge >= 0.3 is 0 Å². The van der Waals surface area contributed by atoms with E-state index in [-0.39, 0.29) is 0 Å². The zero-order valence-electron chi connectivity index (χ0n) is 6.51. The highest BCUT2D eigenvalue weighted by molar-refractivity contribution is 5.83. The highest BCUT2D eigenvalue weighted by atomic mass is 15.5. The van der Waals surface area contributed by atoms with Crippen molar-refractivity contribution in [3.05, 3.63) is 18.6 Å². The number of nitrogens with two attached hydrogens (primary N) is 1. The Morgan fingerprint density at radius 3 is 3.00 bits per heavy atom. The molecule has 2 rings (SSSR count). The molecule has 0 spiro atoms. The first-order valence-corrected chi connectivity index (χ1v) is 3.73. The third-order valence-electron chi connectivity index (χ3n) is 1.66. The zero-order chi connectivity index (χ0) is 8.39. The normalized spacial score (nSPS) is 16.3. The number of nitrogens with zero attached hydrogens (tertiary/aromatic N) is 4. The molecule has 0 saturated carbocycles. The van der Waals surface area contributed by atoms with Crippen molar-refractivity contribution in [2.75, 3.05) is 11.6 Å². The van der Waals surface area contributed by atoms with Crippen LogP contribution >= 0.6 is 0 Å². The van der Waals surface area contributed by atoms with E-state index in [4.69, 9.17) is 5.73 Å². The fraction of sp³-hybridized carbons (Fsp3) is 0.286. The largest absolute Gasteiger partial charge is 0.386 e. The van der Waals surface area contributed by atoms with Gasteiger partial charge < -0.3 is 5.73 Å². The molecule has 0 unspecified atom stereocenters. The standard InChI is InChI=1S/C7H9N5/c8-6-2-4-12(11-6)7-1-3-9-5-10-7/h1,3,5H,2,4H2,(H2,8,11). The van der Waals surface area contributed by atoms with E-state index in [1.807, 2.05) is 6.07 Å². The van der Waals surface area contributed by atoms with Crippen molar-refractivity contribution in [2.24, 2.45) is 10.8 Å². The van der Waals surface area contributed by atoms with Gasteiger partial charge in [0, 0.05) is 18.7 Å². The summed E-state index contributed by atoms with van der Waals surface area (Å²) in [6, 6.07) is 1.81. The maximum atomic E-state index is 5.53. The Morgan fingerprint density at radius 1 is 1.50 bits per heavy atom. The number of hydrogen-bond acceptors (Lipinski definition) is 5. The molecule has 12 heavy (non-hydrogen) atoms. The molecule has 62 valence electrons. The van der Waals surface area contributed by atoms with Crippen LogP contribution in [0.15, 0.2) is 23.7 Å². The van der Waals surface area contributed by atoms with Crippen molar-refractivity contribution in [2.45, 2.75) is 6.42 Å². The van der Waals surface area contributed by atoms with Crippen molar-refractivity contribution in [3.63, 3.8) is 0 Å². The fourth-order valence-corrected chi connectivity index (χ4v) is 1.08. The second-order valence-electron chi connectivity index (χ2n) is 2.53. The number of anilines is 1. The van der Waals surface area contributed by atoms with E-state index < -0.39 is 0 Å². The van der Waals surface area contributed by atoms with Crippen molar-refractivity contribution >= 4 is 11.7 Å². The van der Waals surface area contributed by atoms with Crippen molar-refractivity contribution in [1.82, 2.24) is 9.97 Å². The lowest BCUT2D eigenvalue weighted by atomic mass is 10.4.